The van der Waals surface area contributed by atoms with Gasteiger partial charge in [-0.15, -0.1) is 0 Å². The molecule has 0 amide bonds. The third kappa shape index (κ3) is 5.89. The summed E-state index contributed by atoms with van der Waals surface area (Å²) in [6, 6.07) is 16.4. The first-order valence-corrected chi connectivity index (χ1v) is 16.3. The lowest BCUT2D eigenvalue weighted by molar-refractivity contribution is -0.161. The minimum Gasteiger partial charge on any atom is -0.441 e. The number of nitrogens with zero attached hydrogens (tertiary/aromatic N) is 1. The lowest BCUT2D eigenvalue weighted by Gasteiger charge is -2.36. The average molecular weight is 672 g/mol. The molecule has 0 spiro atoms. The smallest absolute Gasteiger partial charge is 0.304 e. The first kappa shape index (κ1) is 31.1. The first-order valence-electron chi connectivity index (χ1n) is 12.6. The summed E-state index contributed by atoms with van der Waals surface area (Å²) in [5, 5.41) is 0.529. The molecule has 0 fully saturated rings. The van der Waals surface area contributed by atoms with Crippen molar-refractivity contribution in [2.24, 2.45) is 4.40 Å². The van der Waals surface area contributed by atoms with Gasteiger partial charge in [-0.3, -0.25) is 19.1 Å². The number of benzene rings is 3. The molecule has 1 atom stereocenters. The molecule has 3 aromatic carbocycles. The van der Waals surface area contributed by atoms with Crippen molar-refractivity contribution in [3.63, 3.8) is 0 Å². The number of allylic oxidation sites excluding steroid dienone is 2. The number of fused-ring (bicyclic) bond motifs is 1. The van der Waals surface area contributed by atoms with E-state index in [0.717, 1.165) is 25.2 Å². The van der Waals surface area contributed by atoms with E-state index in [-0.39, 0.29) is 31.1 Å². The molecule has 0 saturated heterocycles. The Bertz CT molecular complexity index is 2070. The number of sulfonamides is 2. The lowest BCUT2D eigenvalue weighted by atomic mass is 9.73. The monoisotopic (exact) mass is 670 g/mol. The third-order valence-electron chi connectivity index (χ3n) is 6.55. The van der Waals surface area contributed by atoms with Gasteiger partial charge in [-0.2, -0.15) is 12.8 Å². The second kappa shape index (κ2) is 11.6. The van der Waals surface area contributed by atoms with Crippen LogP contribution in [-0.4, -0.2) is 40.1 Å². The normalized spacial score (nSPS) is 19.2. The first-order chi connectivity index (χ1) is 20.7. The second-order valence-electron chi connectivity index (χ2n) is 9.51. The third-order valence-corrected chi connectivity index (χ3v) is 9.76. The fourth-order valence-corrected chi connectivity index (χ4v) is 6.92. The van der Waals surface area contributed by atoms with E-state index >= 15 is 0 Å². The zero-order chi connectivity index (χ0) is 31.9. The van der Waals surface area contributed by atoms with Gasteiger partial charge in [0.25, 0.3) is 20.0 Å². The topological polar surface area (TPSA) is 153 Å². The Labute approximate surface area is 262 Å². The molecule has 0 saturated carbocycles. The van der Waals surface area contributed by atoms with Gasteiger partial charge in [-0.05, 0) is 72.3 Å². The zero-order valence-electron chi connectivity index (χ0n) is 22.5. The molecular weight excluding hydrogens is 651 g/mol. The maximum absolute atomic E-state index is 14.1. The van der Waals surface area contributed by atoms with Crippen molar-refractivity contribution in [3.8, 4) is 0 Å². The molecule has 0 bridgehead atoms. The molecule has 1 N–H and O–H groups in total. The molecule has 44 heavy (non-hydrogen) atoms. The number of Topliss-reactive ketones (excluding diaryl/α,β-unsaturated/α-hetero) is 1. The van der Waals surface area contributed by atoms with Gasteiger partial charge >= 0.3 is 5.97 Å². The molecule has 0 heterocycles. The number of carbonyl (C=O) groups excluding carboxylic acids is 3. The molecule has 14 heteroatoms. The average Bonchev–Trinajstić information content (AvgIpc) is 2.96. The highest BCUT2D eigenvalue weighted by atomic mass is 35.5. The summed E-state index contributed by atoms with van der Waals surface area (Å²) in [5.41, 5.74) is -3.51. The Hall–Kier alpha value is -4.36. The van der Waals surface area contributed by atoms with Crippen LogP contribution in [0.2, 0.25) is 10.0 Å². The van der Waals surface area contributed by atoms with Crippen molar-refractivity contribution >= 4 is 72.6 Å². The van der Waals surface area contributed by atoms with Crippen molar-refractivity contribution in [2.45, 2.75) is 22.3 Å². The number of hydrogen-bond donors (Lipinski definition) is 1. The fraction of sp³-hybridized carbons (Fsp3) is 0.0667. The number of ketones is 2. The Morgan fingerprint density at radius 2 is 1.41 bits per heavy atom. The molecule has 0 radical (unpaired) electrons. The highest BCUT2D eigenvalue weighted by Crippen LogP contribution is 2.43. The van der Waals surface area contributed by atoms with Crippen LogP contribution in [0, 0.1) is 0 Å². The van der Waals surface area contributed by atoms with Crippen LogP contribution in [0.25, 0.3) is 6.08 Å². The molecule has 0 aliphatic heterocycles. The number of ether oxygens (including phenoxy) is 1. The number of nitrogens with one attached hydrogen (secondary N) is 1. The van der Waals surface area contributed by atoms with Crippen molar-refractivity contribution in [1.82, 2.24) is 4.72 Å². The summed E-state index contributed by atoms with van der Waals surface area (Å²) in [6.45, 7) is 1.03. The summed E-state index contributed by atoms with van der Waals surface area (Å²) in [7, 11) is -8.91. The molecule has 1 unspecified atom stereocenters. The SMILES string of the molecule is CC(=O)OC1(C2=CC(NS(=O)(=O)c3ccc(Cl)cc3)=CC(=NS(=O)(=O)c3ccc(Cl)cc3)C2=O)C(=O)C=Cc2ccccc21. The van der Waals surface area contributed by atoms with Crippen LogP contribution in [0.15, 0.2) is 116 Å². The van der Waals surface area contributed by atoms with E-state index in [9.17, 15) is 31.2 Å². The fourth-order valence-electron chi connectivity index (χ4n) is 4.65. The number of carbonyl (C=O) groups is 3. The van der Waals surface area contributed by atoms with E-state index in [1.807, 2.05) is 0 Å². The number of esters is 1. The van der Waals surface area contributed by atoms with Gasteiger partial charge in [0.15, 0.2) is 0 Å². The quantitative estimate of drug-likeness (QED) is 0.284. The van der Waals surface area contributed by atoms with Crippen molar-refractivity contribution in [2.75, 3.05) is 0 Å². The van der Waals surface area contributed by atoms with Gasteiger partial charge in [-0.25, -0.2) is 8.42 Å². The van der Waals surface area contributed by atoms with Gasteiger partial charge in [0.1, 0.15) is 5.71 Å². The lowest BCUT2D eigenvalue weighted by Crippen LogP contribution is -2.47. The highest BCUT2D eigenvalue weighted by Gasteiger charge is 2.52. The van der Waals surface area contributed by atoms with E-state index in [1.54, 1.807) is 18.2 Å². The van der Waals surface area contributed by atoms with E-state index in [4.69, 9.17) is 27.9 Å². The summed E-state index contributed by atoms with van der Waals surface area (Å²) in [5.74, 6) is -2.88. The molecule has 0 aromatic heterocycles. The largest absolute Gasteiger partial charge is 0.441 e. The molecule has 3 aromatic rings. The van der Waals surface area contributed by atoms with E-state index in [0.29, 0.717) is 5.56 Å². The molecule has 5 rings (SSSR count). The Morgan fingerprint density at radius 1 is 0.818 bits per heavy atom. The highest BCUT2D eigenvalue weighted by molar-refractivity contribution is 7.90. The van der Waals surface area contributed by atoms with Crippen molar-refractivity contribution in [3.05, 3.63) is 123 Å². The van der Waals surface area contributed by atoms with Crippen molar-refractivity contribution in [1.29, 1.82) is 0 Å². The van der Waals surface area contributed by atoms with Crippen LogP contribution in [0.5, 0.6) is 0 Å². The molecule has 10 nitrogen and oxygen atoms in total. The summed E-state index contributed by atoms with van der Waals surface area (Å²) in [4.78, 5) is 39.6. The minimum atomic E-state index is -4.57. The molecular formula is C30H20Cl2N2O8S2. The predicted octanol–water partition coefficient (Wildman–Crippen LogP) is 4.55. The number of rotatable bonds is 7. The minimum absolute atomic E-state index is 0.101. The Balaban J connectivity index is 1.74. The number of halogens is 2. The van der Waals surface area contributed by atoms with Gasteiger partial charge in [0, 0.05) is 22.5 Å². The van der Waals surface area contributed by atoms with Crippen LogP contribution >= 0.6 is 23.2 Å². The number of hydrogen-bond acceptors (Lipinski definition) is 8. The standard InChI is InChI=1S/C30H20Cl2N2O8S2/c1-18(35)42-30(25-5-3-2-4-19(25)6-15-28(30)36)26-16-22(33-43(38,39)23-11-7-20(31)8-12-23)17-27(29(26)37)34-44(40,41)24-13-9-21(32)10-14-24/h2-17,33H,1H3. The van der Waals surface area contributed by atoms with Gasteiger partial charge < -0.3 is 4.74 Å². The van der Waals surface area contributed by atoms with Gasteiger partial charge in [-0.1, -0.05) is 53.5 Å². The molecule has 2 aliphatic rings. The van der Waals surface area contributed by atoms with Gasteiger partial charge in [0.05, 0.1) is 21.1 Å². The van der Waals surface area contributed by atoms with Crippen LogP contribution < -0.4 is 4.72 Å². The Kier molecular flexibility index (Phi) is 8.21. The maximum atomic E-state index is 14.1. The van der Waals surface area contributed by atoms with Crippen LogP contribution in [0.3, 0.4) is 0 Å². The van der Waals surface area contributed by atoms with E-state index in [2.05, 4.69) is 9.12 Å². The Morgan fingerprint density at radius 3 is 2.02 bits per heavy atom. The van der Waals surface area contributed by atoms with Crippen molar-refractivity contribution < 1.29 is 36.0 Å². The predicted molar refractivity (Wildman–Crippen MR) is 163 cm³/mol. The van der Waals surface area contributed by atoms with E-state index < -0.39 is 54.5 Å². The van der Waals surface area contributed by atoms with Crippen LogP contribution in [-0.2, 0) is 44.8 Å². The van der Waals surface area contributed by atoms with Crippen LogP contribution in [0.1, 0.15) is 18.1 Å². The van der Waals surface area contributed by atoms with Crippen LogP contribution in [0.4, 0.5) is 0 Å². The van der Waals surface area contributed by atoms with E-state index in [1.165, 1.54) is 60.7 Å². The summed E-state index contributed by atoms with van der Waals surface area (Å²) in [6.07, 6.45) is 4.49. The second-order valence-corrected chi connectivity index (χ2v) is 13.7. The molecule has 2 aliphatic carbocycles. The van der Waals surface area contributed by atoms with Gasteiger partial charge in [0.2, 0.25) is 17.2 Å². The summed E-state index contributed by atoms with van der Waals surface area (Å²) >= 11 is 11.8. The maximum Gasteiger partial charge on any atom is 0.304 e. The summed E-state index contributed by atoms with van der Waals surface area (Å²) < 4.78 is 64.7. The zero-order valence-corrected chi connectivity index (χ0v) is 25.7. The molecule has 224 valence electrons.